The first kappa shape index (κ1) is 11.0. The third-order valence-electron chi connectivity index (χ3n) is 1.87. The number of nitrogens with two attached hydrogens (primary N) is 1. The lowest BCUT2D eigenvalue weighted by Gasteiger charge is -2.10. The summed E-state index contributed by atoms with van der Waals surface area (Å²) in [6.45, 7) is 1.10. The van der Waals surface area contributed by atoms with Crippen LogP contribution in [0.3, 0.4) is 0 Å². The molecule has 0 fully saturated rings. The third-order valence-corrected chi connectivity index (χ3v) is 1.87. The monoisotopic (exact) mass is 209 g/mol. The van der Waals surface area contributed by atoms with Crippen LogP contribution in [0.25, 0.3) is 0 Å². The van der Waals surface area contributed by atoms with Gasteiger partial charge in [-0.25, -0.2) is 0 Å². The van der Waals surface area contributed by atoms with Crippen molar-refractivity contribution in [2.45, 2.75) is 19.3 Å². The number of alkyl halides is 3. The van der Waals surface area contributed by atoms with Crippen LogP contribution >= 0.6 is 0 Å². The van der Waals surface area contributed by atoms with Crippen molar-refractivity contribution < 1.29 is 18.3 Å². The molecule has 1 heterocycles. The molecular weight excluding hydrogens is 199 g/mol. The Labute approximate surface area is 78.1 Å². The van der Waals surface area contributed by atoms with Gasteiger partial charge in [0.25, 0.3) is 0 Å². The molecule has 7 heteroatoms. The molecule has 1 atom stereocenters. The number of halogens is 3. The number of aliphatic hydroxyl groups excluding tert-OH is 1. The second-order valence-corrected chi connectivity index (χ2v) is 2.82. The van der Waals surface area contributed by atoms with Gasteiger partial charge in [0, 0.05) is 12.1 Å². The molecule has 4 nitrogen and oxygen atoms in total. The summed E-state index contributed by atoms with van der Waals surface area (Å²) in [5.74, 6) is 0. The molecule has 0 saturated carbocycles. The number of aromatic nitrogens is 2. The van der Waals surface area contributed by atoms with E-state index in [1.54, 1.807) is 0 Å². The molecule has 1 aromatic heterocycles. The summed E-state index contributed by atoms with van der Waals surface area (Å²) < 4.78 is 36.6. The topological polar surface area (TPSA) is 64.1 Å². The van der Waals surface area contributed by atoms with Gasteiger partial charge in [0.1, 0.15) is 0 Å². The summed E-state index contributed by atoms with van der Waals surface area (Å²) in [6, 6.07) is 0. The zero-order valence-electron chi connectivity index (χ0n) is 7.41. The summed E-state index contributed by atoms with van der Waals surface area (Å²) in [7, 11) is 0. The van der Waals surface area contributed by atoms with Crippen LogP contribution in [-0.2, 0) is 6.30 Å². The van der Waals surface area contributed by atoms with Crippen LogP contribution in [0.2, 0.25) is 0 Å². The van der Waals surface area contributed by atoms with Crippen LogP contribution < -0.4 is 5.73 Å². The van der Waals surface area contributed by atoms with E-state index in [4.69, 9.17) is 5.73 Å². The van der Waals surface area contributed by atoms with Crippen LogP contribution in [-0.4, -0.2) is 21.4 Å². The zero-order valence-corrected chi connectivity index (χ0v) is 7.41. The first-order valence-electron chi connectivity index (χ1n) is 3.87. The van der Waals surface area contributed by atoms with E-state index in [-0.39, 0.29) is 22.5 Å². The molecule has 3 N–H and O–H groups in total. The Morgan fingerprint density at radius 3 is 2.57 bits per heavy atom. The van der Waals surface area contributed by atoms with E-state index in [1.165, 1.54) is 6.92 Å². The molecule has 80 valence electrons. The minimum absolute atomic E-state index is 0.0960. The van der Waals surface area contributed by atoms with Crippen molar-refractivity contribution in [3.05, 3.63) is 17.5 Å². The molecular formula is C7H10F3N3O. The fourth-order valence-electron chi connectivity index (χ4n) is 1.13. The first-order chi connectivity index (χ1) is 6.38. The van der Waals surface area contributed by atoms with Crippen molar-refractivity contribution in [2.75, 3.05) is 6.54 Å². The van der Waals surface area contributed by atoms with Gasteiger partial charge in [-0.2, -0.15) is 9.78 Å². The molecule has 14 heavy (non-hydrogen) atoms. The number of hydrogen-bond donors (Lipinski definition) is 2. The average molecular weight is 209 g/mol. The van der Waals surface area contributed by atoms with Gasteiger partial charge in [0.05, 0.1) is 18.0 Å². The van der Waals surface area contributed by atoms with E-state index in [1.807, 2.05) is 0 Å². The van der Waals surface area contributed by atoms with Crippen LogP contribution in [0.4, 0.5) is 13.2 Å². The molecule has 0 bridgehead atoms. The predicted molar refractivity (Wildman–Crippen MR) is 42.3 cm³/mol. The van der Waals surface area contributed by atoms with Crippen molar-refractivity contribution in [1.29, 1.82) is 0 Å². The zero-order chi connectivity index (χ0) is 10.9. The SMILES string of the molecule is Cc1c(C(O)CN)cnn1C(F)(F)F. The highest BCUT2D eigenvalue weighted by Crippen LogP contribution is 2.26. The van der Waals surface area contributed by atoms with Crippen molar-refractivity contribution in [1.82, 2.24) is 9.78 Å². The van der Waals surface area contributed by atoms with E-state index in [0.29, 0.717) is 0 Å². The van der Waals surface area contributed by atoms with Gasteiger partial charge in [0.15, 0.2) is 0 Å². The quantitative estimate of drug-likeness (QED) is 0.752. The Morgan fingerprint density at radius 2 is 2.21 bits per heavy atom. The lowest BCUT2D eigenvalue weighted by atomic mass is 10.1. The molecule has 0 aliphatic heterocycles. The van der Waals surface area contributed by atoms with Crippen molar-refractivity contribution in [2.24, 2.45) is 5.73 Å². The molecule has 0 saturated heterocycles. The van der Waals surface area contributed by atoms with Crippen LogP contribution in [0.1, 0.15) is 17.4 Å². The number of aliphatic hydroxyl groups is 1. The normalized spacial score (nSPS) is 14.4. The minimum Gasteiger partial charge on any atom is -0.387 e. The molecule has 1 unspecified atom stereocenters. The summed E-state index contributed by atoms with van der Waals surface area (Å²) in [6.07, 6.45) is -4.69. The second-order valence-electron chi connectivity index (χ2n) is 2.82. The summed E-state index contributed by atoms with van der Waals surface area (Å²) >= 11 is 0. The van der Waals surface area contributed by atoms with E-state index in [9.17, 15) is 18.3 Å². The highest BCUT2D eigenvalue weighted by molar-refractivity contribution is 5.19. The predicted octanol–water partition coefficient (Wildman–Crippen LogP) is 0.660. The molecule has 0 spiro atoms. The molecule has 1 aromatic rings. The molecule has 0 amide bonds. The fraction of sp³-hybridized carbons (Fsp3) is 0.571. The van der Waals surface area contributed by atoms with Gasteiger partial charge < -0.3 is 10.8 Å². The highest BCUT2D eigenvalue weighted by atomic mass is 19.4. The largest absolute Gasteiger partial charge is 0.504 e. The van der Waals surface area contributed by atoms with Gasteiger partial charge in [-0.1, -0.05) is 0 Å². The Kier molecular flexibility index (Phi) is 2.81. The molecule has 0 aliphatic carbocycles. The van der Waals surface area contributed by atoms with E-state index in [2.05, 4.69) is 5.10 Å². The van der Waals surface area contributed by atoms with Gasteiger partial charge in [-0.3, -0.25) is 0 Å². The lowest BCUT2D eigenvalue weighted by Crippen LogP contribution is -2.20. The van der Waals surface area contributed by atoms with Crippen LogP contribution in [0.15, 0.2) is 6.20 Å². The number of nitrogens with zero attached hydrogens (tertiary/aromatic N) is 2. The van der Waals surface area contributed by atoms with Crippen molar-refractivity contribution >= 4 is 0 Å². The van der Waals surface area contributed by atoms with Crippen LogP contribution in [0.5, 0.6) is 0 Å². The van der Waals surface area contributed by atoms with Gasteiger partial charge in [0.2, 0.25) is 0 Å². The number of hydrogen-bond acceptors (Lipinski definition) is 3. The maximum Gasteiger partial charge on any atom is 0.504 e. The third kappa shape index (κ3) is 1.88. The maximum absolute atomic E-state index is 12.2. The Bertz CT molecular complexity index is 320. The van der Waals surface area contributed by atoms with Crippen molar-refractivity contribution in [3.63, 3.8) is 0 Å². The lowest BCUT2D eigenvalue weighted by molar-refractivity contribution is -0.213. The first-order valence-corrected chi connectivity index (χ1v) is 3.87. The average Bonchev–Trinajstić information content (AvgIpc) is 2.45. The van der Waals surface area contributed by atoms with Gasteiger partial charge >= 0.3 is 6.30 Å². The second kappa shape index (κ2) is 3.58. The van der Waals surface area contributed by atoms with E-state index in [0.717, 1.165) is 6.20 Å². The Balaban J connectivity index is 3.09. The van der Waals surface area contributed by atoms with E-state index < -0.39 is 12.4 Å². The summed E-state index contributed by atoms with van der Waals surface area (Å²) in [5, 5.41) is 12.4. The highest BCUT2D eigenvalue weighted by Gasteiger charge is 2.34. The van der Waals surface area contributed by atoms with Gasteiger partial charge in [-0.15, -0.1) is 13.2 Å². The van der Waals surface area contributed by atoms with Gasteiger partial charge in [-0.05, 0) is 6.92 Å². The fourth-order valence-corrected chi connectivity index (χ4v) is 1.13. The molecule has 0 aliphatic rings. The Hall–Kier alpha value is -1.08. The molecule has 0 radical (unpaired) electrons. The molecule has 1 rings (SSSR count). The summed E-state index contributed by atoms with van der Waals surface area (Å²) in [5.41, 5.74) is 5.08. The van der Waals surface area contributed by atoms with Crippen LogP contribution in [0, 0.1) is 6.92 Å². The van der Waals surface area contributed by atoms with E-state index >= 15 is 0 Å². The smallest absolute Gasteiger partial charge is 0.387 e. The minimum atomic E-state index is -4.56. The standard InChI is InChI=1S/C7H10F3N3O/c1-4-5(6(14)2-11)3-12-13(4)7(8,9)10/h3,6,14H,2,11H2,1H3. The molecule has 0 aromatic carbocycles. The van der Waals surface area contributed by atoms with Crippen molar-refractivity contribution in [3.8, 4) is 0 Å². The summed E-state index contributed by atoms with van der Waals surface area (Å²) in [4.78, 5) is 0. The Morgan fingerprint density at radius 1 is 1.64 bits per heavy atom. The maximum atomic E-state index is 12.2. The number of rotatable bonds is 2.